The fraction of sp³-hybridized carbons (Fsp3) is 0.650. The number of morpholine rings is 1. The quantitative estimate of drug-likeness (QED) is 0.852. The number of hydrogen-bond donors (Lipinski definition) is 1. The second-order valence-electron chi connectivity index (χ2n) is 7.54. The van der Waals surface area contributed by atoms with Gasteiger partial charge in [-0.15, -0.1) is 0 Å². The van der Waals surface area contributed by atoms with Crippen molar-refractivity contribution in [1.29, 1.82) is 0 Å². The van der Waals surface area contributed by atoms with E-state index >= 15 is 0 Å². The van der Waals surface area contributed by atoms with Crippen LogP contribution in [0.2, 0.25) is 0 Å². The number of amides is 1. The Labute approximate surface area is 162 Å². The maximum atomic E-state index is 12.9. The molecular formula is C20H30N2O4S. The van der Waals surface area contributed by atoms with Crippen LogP contribution >= 0.6 is 0 Å². The van der Waals surface area contributed by atoms with Gasteiger partial charge in [0.25, 0.3) is 5.91 Å². The van der Waals surface area contributed by atoms with E-state index in [1.165, 1.54) is 25.3 Å². The van der Waals surface area contributed by atoms with Crippen molar-refractivity contribution >= 4 is 15.9 Å². The predicted molar refractivity (Wildman–Crippen MR) is 104 cm³/mol. The highest BCUT2D eigenvalue weighted by Gasteiger charge is 2.25. The summed E-state index contributed by atoms with van der Waals surface area (Å²) in [6.07, 6.45) is 7.45. The Kier molecular flexibility index (Phi) is 6.89. The highest BCUT2D eigenvalue weighted by Crippen LogP contribution is 2.22. The SMILES string of the molecule is Cc1ccc(S(=O)(=O)NC2CCCCCCC2)cc1C(=O)N1CCOCC1. The molecule has 0 spiro atoms. The van der Waals surface area contributed by atoms with Crippen molar-refractivity contribution in [2.75, 3.05) is 26.3 Å². The lowest BCUT2D eigenvalue weighted by Gasteiger charge is -2.27. The van der Waals surface area contributed by atoms with Crippen LogP contribution in [0.25, 0.3) is 0 Å². The topological polar surface area (TPSA) is 75.7 Å². The van der Waals surface area contributed by atoms with Crippen molar-refractivity contribution in [2.24, 2.45) is 0 Å². The van der Waals surface area contributed by atoms with Gasteiger partial charge in [0.05, 0.1) is 18.1 Å². The smallest absolute Gasteiger partial charge is 0.254 e. The lowest BCUT2D eigenvalue weighted by atomic mass is 9.97. The zero-order valence-electron chi connectivity index (χ0n) is 16.1. The lowest BCUT2D eigenvalue weighted by Crippen LogP contribution is -2.41. The van der Waals surface area contributed by atoms with Crippen molar-refractivity contribution in [3.8, 4) is 0 Å². The Bertz CT molecular complexity index is 749. The first-order chi connectivity index (χ1) is 13.0. The molecule has 1 aromatic carbocycles. The number of sulfonamides is 1. The zero-order chi connectivity index (χ0) is 19.3. The Morgan fingerprint density at radius 2 is 1.70 bits per heavy atom. The van der Waals surface area contributed by atoms with Crippen LogP contribution in [0.5, 0.6) is 0 Å². The van der Waals surface area contributed by atoms with Crippen LogP contribution in [0, 0.1) is 6.92 Å². The number of carbonyl (C=O) groups is 1. The van der Waals surface area contributed by atoms with Crippen LogP contribution in [0.15, 0.2) is 23.1 Å². The molecule has 2 aliphatic rings. The van der Waals surface area contributed by atoms with Crippen molar-refractivity contribution in [3.05, 3.63) is 29.3 Å². The van der Waals surface area contributed by atoms with E-state index in [0.29, 0.717) is 31.9 Å². The molecule has 7 heteroatoms. The second kappa shape index (κ2) is 9.17. The third-order valence-corrected chi connectivity index (χ3v) is 6.99. The van der Waals surface area contributed by atoms with Gasteiger partial charge in [-0.1, -0.05) is 38.2 Å². The van der Waals surface area contributed by atoms with Gasteiger partial charge in [0, 0.05) is 24.7 Å². The lowest BCUT2D eigenvalue weighted by molar-refractivity contribution is 0.0302. The number of ether oxygens (including phenoxy) is 1. The predicted octanol–water partition coefficient (Wildman–Crippen LogP) is 2.86. The summed E-state index contributed by atoms with van der Waals surface area (Å²) in [5.74, 6) is -0.126. The van der Waals surface area contributed by atoms with Gasteiger partial charge >= 0.3 is 0 Å². The maximum Gasteiger partial charge on any atom is 0.254 e. The summed E-state index contributed by atoms with van der Waals surface area (Å²) in [5, 5.41) is 0. The summed E-state index contributed by atoms with van der Waals surface area (Å²) < 4.78 is 34.0. The van der Waals surface area contributed by atoms with E-state index in [9.17, 15) is 13.2 Å². The monoisotopic (exact) mass is 394 g/mol. The highest BCUT2D eigenvalue weighted by atomic mass is 32.2. The first-order valence-electron chi connectivity index (χ1n) is 9.97. The molecule has 150 valence electrons. The molecular weight excluding hydrogens is 364 g/mol. The molecule has 0 bridgehead atoms. The number of rotatable bonds is 4. The molecule has 1 saturated carbocycles. The Hall–Kier alpha value is -1.44. The molecule has 0 aromatic heterocycles. The average Bonchev–Trinajstić information content (AvgIpc) is 2.64. The third-order valence-electron chi connectivity index (χ3n) is 5.48. The van der Waals surface area contributed by atoms with Crippen LogP contribution in [0.3, 0.4) is 0 Å². The van der Waals surface area contributed by atoms with Gasteiger partial charge in [-0.25, -0.2) is 13.1 Å². The van der Waals surface area contributed by atoms with E-state index in [4.69, 9.17) is 4.74 Å². The second-order valence-corrected chi connectivity index (χ2v) is 9.26. The van der Waals surface area contributed by atoms with Gasteiger partial charge < -0.3 is 9.64 Å². The summed E-state index contributed by atoms with van der Waals surface area (Å²) in [4.78, 5) is 14.7. The molecule has 1 heterocycles. The van der Waals surface area contributed by atoms with E-state index in [2.05, 4.69) is 4.72 Å². The molecule has 2 fully saturated rings. The standard InChI is InChI=1S/C20H30N2O4S/c1-16-9-10-18(15-19(16)20(23)22-11-13-26-14-12-22)27(24,25)21-17-7-5-3-2-4-6-8-17/h9-10,15,17,21H,2-8,11-14H2,1H3. The third kappa shape index (κ3) is 5.30. The van der Waals surface area contributed by atoms with Crippen molar-refractivity contribution < 1.29 is 17.9 Å². The zero-order valence-corrected chi connectivity index (χ0v) is 16.9. The number of hydrogen-bond acceptors (Lipinski definition) is 4. The highest BCUT2D eigenvalue weighted by molar-refractivity contribution is 7.89. The number of nitrogens with one attached hydrogen (secondary N) is 1. The number of aryl methyl sites for hydroxylation is 1. The molecule has 0 unspecified atom stereocenters. The Morgan fingerprint density at radius 1 is 1.07 bits per heavy atom. The Morgan fingerprint density at radius 3 is 2.37 bits per heavy atom. The van der Waals surface area contributed by atoms with Crippen molar-refractivity contribution in [2.45, 2.75) is 62.8 Å². The number of carbonyl (C=O) groups excluding carboxylic acids is 1. The molecule has 3 rings (SSSR count). The summed E-state index contributed by atoms with van der Waals surface area (Å²) in [7, 11) is -3.64. The minimum absolute atomic E-state index is 0.0185. The first kappa shape index (κ1) is 20.3. The van der Waals surface area contributed by atoms with Crippen molar-refractivity contribution in [3.63, 3.8) is 0 Å². The normalized spacial score (nSPS) is 20.1. The van der Waals surface area contributed by atoms with Gasteiger partial charge in [0.1, 0.15) is 0 Å². The van der Waals surface area contributed by atoms with Crippen LogP contribution < -0.4 is 4.72 Å². The van der Waals surface area contributed by atoms with Gasteiger partial charge in [-0.3, -0.25) is 4.79 Å². The van der Waals surface area contributed by atoms with Crippen LogP contribution in [0.4, 0.5) is 0 Å². The van der Waals surface area contributed by atoms with E-state index in [1.807, 2.05) is 6.92 Å². The molecule has 1 amide bonds. The van der Waals surface area contributed by atoms with E-state index in [1.54, 1.807) is 17.0 Å². The van der Waals surface area contributed by atoms with Gasteiger partial charge in [-0.2, -0.15) is 0 Å². The van der Waals surface area contributed by atoms with Crippen LogP contribution in [-0.2, 0) is 14.8 Å². The van der Waals surface area contributed by atoms with E-state index < -0.39 is 10.0 Å². The molecule has 1 N–H and O–H groups in total. The van der Waals surface area contributed by atoms with Crippen LogP contribution in [0.1, 0.15) is 60.9 Å². The summed E-state index contributed by atoms with van der Waals surface area (Å²) >= 11 is 0. The number of benzene rings is 1. The first-order valence-corrected chi connectivity index (χ1v) is 11.5. The summed E-state index contributed by atoms with van der Waals surface area (Å²) in [6, 6.07) is 4.82. The summed E-state index contributed by atoms with van der Waals surface area (Å²) in [6.45, 7) is 3.95. The Balaban J connectivity index is 1.77. The number of nitrogens with zero attached hydrogens (tertiary/aromatic N) is 1. The fourth-order valence-electron chi connectivity index (χ4n) is 3.80. The minimum atomic E-state index is -3.64. The van der Waals surface area contributed by atoms with E-state index in [-0.39, 0.29) is 16.8 Å². The van der Waals surface area contributed by atoms with Gasteiger partial charge in [0.15, 0.2) is 0 Å². The average molecular weight is 395 g/mol. The molecule has 6 nitrogen and oxygen atoms in total. The molecule has 1 aliphatic heterocycles. The summed E-state index contributed by atoms with van der Waals surface area (Å²) in [5.41, 5.74) is 1.24. The van der Waals surface area contributed by atoms with Gasteiger partial charge in [0.2, 0.25) is 10.0 Å². The maximum absolute atomic E-state index is 12.9. The minimum Gasteiger partial charge on any atom is -0.378 e. The molecule has 1 saturated heterocycles. The molecule has 0 atom stereocenters. The fourth-order valence-corrected chi connectivity index (χ4v) is 5.13. The molecule has 1 aromatic rings. The molecule has 0 radical (unpaired) electrons. The van der Waals surface area contributed by atoms with Crippen molar-refractivity contribution in [1.82, 2.24) is 9.62 Å². The molecule has 27 heavy (non-hydrogen) atoms. The molecule has 1 aliphatic carbocycles. The van der Waals surface area contributed by atoms with E-state index in [0.717, 1.165) is 31.2 Å². The largest absolute Gasteiger partial charge is 0.378 e. The van der Waals surface area contributed by atoms with Crippen LogP contribution in [-0.4, -0.2) is 51.6 Å². The van der Waals surface area contributed by atoms with Gasteiger partial charge in [-0.05, 0) is 37.5 Å².